The topological polar surface area (TPSA) is 51.5 Å². The Kier molecular flexibility index (Phi) is 4.53. The Hall–Kier alpha value is -1.30. The Morgan fingerprint density at radius 3 is 2.67 bits per heavy atom. The van der Waals surface area contributed by atoms with Crippen LogP contribution < -0.4 is 5.56 Å². The maximum Gasteiger partial charge on any atom is 0.410 e. The van der Waals surface area contributed by atoms with Crippen molar-refractivity contribution in [2.45, 2.75) is 58.6 Å². The van der Waals surface area contributed by atoms with Gasteiger partial charge in [-0.3, -0.25) is 4.79 Å². The molecular formula is C18H25BrN2O3. The number of fused-ring (bicyclic) bond motifs is 4. The first-order chi connectivity index (χ1) is 11.2. The van der Waals surface area contributed by atoms with Crippen molar-refractivity contribution in [1.82, 2.24) is 9.47 Å². The lowest BCUT2D eigenvalue weighted by molar-refractivity contribution is 0.0102. The summed E-state index contributed by atoms with van der Waals surface area (Å²) in [5.74, 6) is 0.511. The summed E-state index contributed by atoms with van der Waals surface area (Å²) in [5, 5.41) is 0. The standard InChI is InChI=1S/C18H25BrN2O3/c1-5-12-7-14-13-6-11(9-21(14)16(22)15(12)19)8-20(10-13)17(23)24-18(2,3)4/h7,11,13H,5-6,8-10H2,1-4H3. The molecule has 0 radical (unpaired) electrons. The SMILES string of the molecule is CCc1cc2n(c(=O)c1Br)CC1CC2CN(C(=O)OC(C)(C)C)C1. The van der Waals surface area contributed by atoms with Crippen molar-refractivity contribution in [3.8, 4) is 0 Å². The molecule has 24 heavy (non-hydrogen) atoms. The van der Waals surface area contributed by atoms with Crippen molar-refractivity contribution in [2.75, 3.05) is 13.1 Å². The number of likely N-dealkylation sites (tertiary alicyclic amines) is 1. The molecule has 2 aliphatic rings. The monoisotopic (exact) mass is 396 g/mol. The first-order valence-electron chi connectivity index (χ1n) is 8.59. The number of hydrogen-bond acceptors (Lipinski definition) is 3. The fraction of sp³-hybridized carbons (Fsp3) is 0.667. The maximum absolute atomic E-state index is 12.6. The summed E-state index contributed by atoms with van der Waals surface area (Å²) < 4.78 is 8.10. The van der Waals surface area contributed by atoms with E-state index in [2.05, 4.69) is 28.9 Å². The highest BCUT2D eigenvalue weighted by atomic mass is 79.9. The third kappa shape index (κ3) is 3.25. The van der Waals surface area contributed by atoms with Crippen LogP contribution in [0.3, 0.4) is 0 Å². The van der Waals surface area contributed by atoms with Crippen LogP contribution in [0.5, 0.6) is 0 Å². The highest BCUT2D eigenvalue weighted by molar-refractivity contribution is 9.10. The van der Waals surface area contributed by atoms with Crippen LogP contribution in [0.15, 0.2) is 15.3 Å². The zero-order valence-corrected chi connectivity index (χ0v) is 16.4. The number of aryl methyl sites for hydroxylation is 1. The van der Waals surface area contributed by atoms with Crippen molar-refractivity contribution < 1.29 is 9.53 Å². The third-order valence-corrected chi connectivity index (χ3v) is 5.63. The van der Waals surface area contributed by atoms with Crippen LogP contribution in [0.1, 0.15) is 51.3 Å². The second-order valence-electron chi connectivity index (χ2n) is 7.86. The van der Waals surface area contributed by atoms with Gasteiger partial charge in [-0.05, 0) is 67.1 Å². The van der Waals surface area contributed by atoms with Crippen molar-refractivity contribution in [3.05, 3.63) is 32.2 Å². The van der Waals surface area contributed by atoms with Crippen LogP contribution in [-0.2, 0) is 17.7 Å². The molecule has 0 N–H and O–H groups in total. The summed E-state index contributed by atoms with van der Waals surface area (Å²) in [6, 6.07) is 2.13. The Morgan fingerprint density at radius 1 is 1.33 bits per heavy atom. The number of amides is 1. The second-order valence-corrected chi connectivity index (χ2v) is 8.65. The van der Waals surface area contributed by atoms with Crippen LogP contribution in [0.4, 0.5) is 4.79 Å². The highest BCUT2D eigenvalue weighted by Crippen LogP contribution is 2.36. The molecular weight excluding hydrogens is 372 g/mol. The number of piperidine rings is 1. The molecule has 6 heteroatoms. The van der Waals surface area contributed by atoms with Crippen LogP contribution >= 0.6 is 15.9 Å². The summed E-state index contributed by atoms with van der Waals surface area (Å²) in [7, 11) is 0. The molecule has 1 fully saturated rings. The molecule has 2 aliphatic heterocycles. The summed E-state index contributed by atoms with van der Waals surface area (Å²) in [4.78, 5) is 26.9. The van der Waals surface area contributed by atoms with E-state index >= 15 is 0 Å². The number of nitrogens with zero attached hydrogens (tertiary/aromatic N) is 2. The smallest absolute Gasteiger partial charge is 0.410 e. The molecule has 1 amide bonds. The normalized spacial score (nSPS) is 23.0. The number of carbonyl (C=O) groups excluding carboxylic acids is 1. The predicted molar refractivity (Wildman–Crippen MR) is 96.4 cm³/mol. The average molecular weight is 397 g/mol. The Balaban J connectivity index is 1.90. The molecule has 0 saturated carbocycles. The first-order valence-corrected chi connectivity index (χ1v) is 9.39. The van der Waals surface area contributed by atoms with Gasteiger partial charge in [0.15, 0.2) is 0 Å². The second kappa shape index (κ2) is 6.21. The minimum atomic E-state index is -0.487. The molecule has 1 aromatic rings. The Labute approximate surface area is 151 Å². The van der Waals surface area contributed by atoms with Gasteiger partial charge in [-0.1, -0.05) is 6.92 Å². The fourth-order valence-electron chi connectivity index (χ4n) is 3.76. The third-order valence-electron chi connectivity index (χ3n) is 4.78. The molecule has 1 aromatic heterocycles. The van der Waals surface area contributed by atoms with Gasteiger partial charge in [-0.2, -0.15) is 0 Å². The molecule has 132 valence electrons. The summed E-state index contributed by atoms with van der Waals surface area (Å²) in [6.45, 7) is 9.66. The molecule has 0 spiro atoms. The number of hydrogen-bond donors (Lipinski definition) is 0. The first kappa shape index (κ1) is 17.5. The van der Waals surface area contributed by atoms with E-state index in [1.165, 1.54) is 0 Å². The van der Waals surface area contributed by atoms with E-state index in [-0.39, 0.29) is 17.6 Å². The molecule has 5 nitrogen and oxygen atoms in total. The lowest BCUT2D eigenvalue weighted by Crippen LogP contribution is -2.50. The highest BCUT2D eigenvalue weighted by Gasteiger charge is 2.38. The Bertz CT molecular complexity index is 720. The van der Waals surface area contributed by atoms with Crippen molar-refractivity contribution in [2.24, 2.45) is 5.92 Å². The van der Waals surface area contributed by atoms with Gasteiger partial charge in [0.05, 0.1) is 4.47 Å². The van der Waals surface area contributed by atoms with Crippen molar-refractivity contribution in [3.63, 3.8) is 0 Å². The zero-order chi connectivity index (χ0) is 17.6. The van der Waals surface area contributed by atoms with Gasteiger partial charge in [0, 0.05) is 31.2 Å². The van der Waals surface area contributed by atoms with E-state index in [0.29, 0.717) is 30.0 Å². The molecule has 2 atom stereocenters. The molecule has 0 aromatic carbocycles. The van der Waals surface area contributed by atoms with E-state index in [0.717, 1.165) is 24.1 Å². The minimum absolute atomic E-state index is 0.0600. The Morgan fingerprint density at radius 2 is 2.04 bits per heavy atom. The van der Waals surface area contributed by atoms with E-state index < -0.39 is 5.60 Å². The van der Waals surface area contributed by atoms with Gasteiger partial charge in [0.2, 0.25) is 0 Å². The molecule has 3 heterocycles. The zero-order valence-electron chi connectivity index (χ0n) is 14.8. The van der Waals surface area contributed by atoms with Gasteiger partial charge in [0.25, 0.3) is 5.56 Å². The largest absolute Gasteiger partial charge is 0.444 e. The maximum atomic E-state index is 12.6. The number of rotatable bonds is 1. The number of ether oxygens (including phenoxy) is 1. The van der Waals surface area contributed by atoms with Crippen LogP contribution in [0.2, 0.25) is 0 Å². The molecule has 2 bridgehead atoms. The van der Waals surface area contributed by atoms with Gasteiger partial charge in [-0.15, -0.1) is 0 Å². The van der Waals surface area contributed by atoms with Crippen molar-refractivity contribution in [1.29, 1.82) is 0 Å². The van der Waals surface area contributed by atoms with Gasteiger partial charge < -0.3 is 14.2 Å². The van der Waals surface area contributed by atoms with Gasteiger partial charge in [-0.25, -0.2) is 4.79 Å². The molecule has 3 rings (SSSR count). The van der Waals surface area contributed by atoms with E-state index in [1.54, 1.807) is 0 Å². The average Bonchev–Trinajstić information content (AvgIpc) is 2.49. The number of pyridine rings is 1. The molecule has 0 aliphatic carbocycles. The fourth-order valence-corrected chi connectivity index (χ4v) is 4.37. The number of halogens is 1. The van der Waals surface area contributed by atoms with Crippen LogP contribution in [-0.4, -0.2) is 34.3 Å². The summed E-state index contributed by atoms with van der Waals surface area (Å²) in [6.07, 6.45) is 1.60. The number of carbonyl (C=O) groups is 1. The molecule has 1 saturated heterocycles. The van der Waals surface area contributed by atoms with Crippen LogP contribution in [0.25, 0.3) is 0 Å². The van der Waals surface area contributed by atoms with Gasteiger partial charge >= 0.3 is 6.09 Å². The van der Waals surface area contributed by atoms with E-state index in [1.807, 2.05) is 30.2 Å². The predicted octanol–water partition coefficient (Wildman–Crippen LogP) is 3.53. The summed E-state index contributed by atoms with van der Waals surface area (Å²) >= 11 is 3.45. The minimum Gasteiger partial charge on any atom is -0.444 e. The quantitative estimate of drug-likeness (QED) is 0.729. The van der Waals surface area contributed by atoms with E-state index in [4.69, 9.17) is 4.74 Å². The molecule has 2 unspecified atom stereocenters. The van der Waals surface area contributed by atoms with Gasteiger partial charge in [0.1, 0.15) is 5.60 Å². The summed E-state index contributed by atoms with van der Waals surface area (Å²) in [5.41, 5.74) is 1.67. The number of aromatic nitrogens is 1. The lowest BCUT2D eigenvalue weighted by atomic mass is 9.83. The van der Waals surface area contributed by atoms with Crippen LogP contribution in [0, 0.1) is 5.92 Å². The lowest BCUT2D eigenvalue weighted by Gasteiger charge is -2.43. The van der Waals surface area contributed by atoms with Crippen molar-refractivity contribution >= 4 is 22.0 Å². The van der Waals surface area contributed by atoms with E-state index in [9.17, 15) is 9.59 Å².